The van der Waals surface area contributed by atoms with Crippen LogP contribution >= 0.6 is 0 Å². The van der Waals surface area contributed by atoms with E-state index in [4.69, 9.17) is 18.6 Å². The van der Waals surface area contributed by atoms with Gasteiger partial charge in [0.15, 0.2) is 0 Å². The Morgan fingerprint density at radius 1 is 1.04 bits per heavy atom. The Balaban J connectivity index is 0.000000399. The van der Waals surface area contributed by atoms with Gasteiger partial charge in [-0.3, -0.25) is 4.79 Å². The quantitative estimate of drug-likeness (QED) is 0.344. The number of hydrogen-bond acceptors (Lipinski definition) is 6. The average molecular weight is 366 g/mol. The van der Waals surface area contributed by atoms with Crippen molar-refractivity contribution in [3.05, 3.63) is 42.5 Å². The van der Waals surface area contributed by atoms with Crippen LogP contribution in [0.4, 0.5) is 5.69 Å². The van der Waals surface area contributed by atoms with E-state index in [0.717, 1.165) is 27.8 Å². The fourth-order valence-electron chi connectivity index (χ4n) is 2.37. The van der Waals surface area contributed by atoms with Crippen molar-refractivity contribution in [3.63, 3.8) is 0 Å². The fraction of sp³-hybridized carbons (Fsp3) is 0.188. The molecule has 0 N–H and O–H groups in total. The van der Waals surface area contributed by atoms with Gasteiger partial charge in [0, 0.05) is 26.1 Å². The minimum absolute atomic E-state index is 0.0146. The molecule has 0 radical (unpaired) electrons. The van der Waals surface area contributed by atoms with Gasteiger partial charge in [0.2, 0.25) is 16.9 Å². The van der Waals surface area contributed by atoms with E-state index in [1.54, 1.807) is 18.9 Å². The lowest BCUT2D eigenvalue weighted by molar-refractivity contribution is -2.00. The number of aryl methyl sites for hydroxylation is 1. The lowest BCUT2D eigenvalue weighted by Gasteiger charge is -2.17. The highest BCUT2D eigenvalue weighted by Crippen LogP contribution is 2.20. The summed E-state index contributed by atoms with van der Waals surface area (Å²) >= 11 is 0. The van der Waals surface area contributed by atoms with E-state index in [2.05, 4.69) is 9.55 Å². The molecule has 0 spiro atoms. The van der Waals surface area contributed by atoms with Gasteiger partial charge < -0.3 is 4.90 Å². The summed E-state index contributed by atoms with van der Waals surface area (Å²) in [4.78, 5) is 17.8. The van der Waals surface area contributed by atoms with Crippen LogP contribution in [0.5, 0.6) is 0 Å². The summed E-state index contributed by atoms with van der Waals surface area (Å²) in [6.07, 6.45) is 0. The van der Waals surface area contributed by atoms with Crippen LogP contribution in [0.15, 0.2) is 42.5 Å². The van der Waals surface area contributed by atoms with Crippen molar-refractivity contribution < 1.29 is 38.2 Å². The Hall–Kier alpha value is -2.36. The number of carbonyl (C=O) groups excluding carboxylic acids is 1. The predicted octanol–water partition coefficient (Wildman–Crippen LogP) is -2.56. The molecule has 1 aromatic heterocycles. The third-order valence-electron chi connectivity index (χ3n) is 3.66. The maximum atomic E-state index is 11.5. The second-order valence-electron chi connectivity index (χ2n) is 5.29. The van der Waals surface area contributed by atoms with E-state index in [-0.39, 0.29) is 5.91 Å². The maximum absolute atomic E-state index is 11.5. The standard InChI is InChI=1S/C16H16N3O.ClHO4/c1-11(20)18(2)12-8-9-14-16(10-12)19(3)15-7-5-4-6-13(15)17-14;2-1(3,4)5/h4-10H,1-3H3;(H,2,3,4,5)/q+1;/p-1. The molecule has 132 valence electrons. The van der Waals surface area contributed by atoms with Crippen LogP contribution in [0.1, 0.15) is 6.92 Å². The smallest absolute Gasteiger partial charge is 0.233 e. The van der Waals surface area contributed by atoms with Gasteiger partial charge in [-0.15, -0.1) is 10.2 Å². The molecule has 2 aromatic carbocycles. The monoisotopic (exact) mass is 365 g/mol. The molecule has 1 amide bonds. The van der Waals surface area contributed by atoms with Gasteiger partial charge in [-0.2, -0.15) is 4.57 Å². The summed E-state index contributed by atoms with van der Waals surface area (Å²) in [5, 5.41) is 0. The third-order valence-corrected chi connectivity index (χ3v) is 3.66. The first kappa shape index (κ1) is 19.0. The minimum atomic E-state index is -4.94. The molecule has 0 aliphatic carbocycles. The molecule has 9 heteroatoms. The first-order valence-corrected chi connectivity index (χ1v) is 8.36. The van der Waals surface area contributed by atoms with Crippen LogP contribution in [0, 0.1) is 10.2 Å². The Bertz CT molecular complexity index is 921. The Kier molecular flexibility index (Phi) is 5.51. The van der Waals surface area contributed by atoms with Crippen molar-refractivity contribution in [3.8, 4) is 0 Å². The van der Waals surface area contributed by atoms with Gasteiger partial charge in [0.1, 0.15) is 18.1 Å². The number of fused-ring (bicyclic) bond motifs is 2. The Morgan fingerprint density at radius 3 is 2.20 bits per heavy atom. The van der Waals surface area contributed by atoms with Gasteiger partial charge in [-0.05, 0) is 18.2 Å². The van der Waals surface area contributed by atoms with E-state index in [9.17, 15) is 4.79 Å². The van der Waals surface area contributed by atoms with Crippen molar-refractivity contribution in [2.75, 3.05) is 11.9 Å². The summed E-state index contributed by atoms with van der Waals surface area (Å²) in [6, 6.07) is 13.9. The van der Waals surface area contributed by atoms with Crippen molar-refractivity contribution >= 4 is 33.7 Å². The van der Waals surface area contributed by atoms with Crippen LogP contribution in [0.3, 0.4) is 0 Å². The lowest BCUT2D eigenvalue weighted by atomic mass is 10.2. The molecule has 25 heavy (non-hydrogen) atoms. The summed E-state index contributed by atoms with van der Waals surface area (Å²) in [5.41, 5.74) is 4.84. The second kappa shape index (κ2) is 7.26. The van der Waals surface area contributed by atoms with E-state index in [1.165, 1.54) is 0 Å². The first-order chi connectivity index (χ1) is 11.6. The van der Waals surface area contributed by atoms with Crippen LogP contribution in [0.25, 0.3) is 22.1 Å². The number of carbonyl (C=O) groups is 1. The molecule has 0 bridgehead atoms. The molecule has 0 unspecified atom stereocenters. The summed E-state index contributed by atoms with van der Waals surface area (Å²) < 4.78 is 36.1. The topological polar surface area (TPSA) is 129 Å². The average Bonchev–Trinajstić information content (AvgIpc) is 2.52. The van der Waals surface area contributed by atoms with Crippen molar-refractivity contribution in [1.29, 1.82) is 0 Å². The van der Waals surface area contributed by atoms with E-state index in [1.807, 2.05) is 49.5 Å². The predicted molar refractivity (Wildman–Crippen MR) is 79.5 cm³/mol. The number of para-hydroxylation sites is 2. The SMILES string of the molecule is CC(=O)N(C)c1ccc2nc3ccccc3[n+](C)c2c1.[O-][Cl+3]([O-])([O-])[O-]. The lowest BCUT2D eigenvalue weighted by Crippen LogP contribution is -2.68. The van der Waals surface area contributed by atoms with Crippen LogP contribution in [0.2, 0.25) is 0 Å². The number of rotatable bonds is 1. The Morgan fingerprint density at radius 2 is 1.60 bits per heavy atom. The van der Waals surface area contributed by atoms with Crippen LogP contribution in [-0.2, 0) is 11.8 Å². The number of anilines is 1. The second-order valence-corrected chi connectivity index (χ2v) is 6.04. The minimum Gasteiger partial charge on any atom is -0.315 e. The molecule has 3 aromatic rings. The van der Waals surface area contributed by atoms with E-state index >= 15 is 0 Å². The number of nitrogens with zero attached hydrogens (tertiary/aromatic N) is 3. The molecule has 0 saturated heterocycles. The van der Waals surface area contributed by atoms with Gasteiger partial charge in [-0.25, -0.2) is 23.6 Å². The molecule has 0 fully saturated rings. The first-order valence-electron chi connectivity index (χ1n) is 7.12. The summed E-state index contributed by atoms with van der Waals surface area (Å²) in [7, 11) is -1.15. The maximum Gasteiger partial charge on any atom is 0.233 e. The normalized spacial score (nSPS) is 11.2. The number of hydrogen-bond donors (Lipinski definition) is 0. The van der Waals surface area contributed by atoms with Crippen molar-refractivity contribution in [2.45, 2.75) is 6.92 Å². The molecule has 3 rings (SSSR count). The van der Waals surface area contributed by atoms with Crippen LogP contribution < -0.4 is 28.1 Å². The Labute approximate surface area is 145 Å². The zero-order chi connectivity index (χ0) is 18.8. The summed E-state index contributed by atoms with van der Waals surface area (Å²) in [6.45, 7) is 1.56. The molecule has 0 atom stereocenters. The van der Waals surface area contributed by atoms with Gasteiger partial charge >= 0.3 is 0 Å². The largest absolute Gasteiger partial charge is 0.315 e. The van der Waals surface area contributed by atoms with Crippen LogP contribution in [-0.4, -0.2) is 17.9 Å². The summed E-state index contributed by atoms with van der Waals surface area (Å²) in [5.74, 6) is 0.0146. The molecular weight excluding hydrogens is 350 g/mol. The van der Waals surface area contributed by atoms with E-state index in [0.29, 0.717) is 0 Å². The van der Waals surface area contributed by atoms with Crippen molar-refractivity contribution in [1.82, 2.24) is 4.98 Å². The zero-order valence-corrected chi connectivity index (χ0v) is 14.6. The highest BCUT2D eigenvalue weighted by molar-refractivity contribution is 5.93. The zero-order valence-electron chi connectivity index (χ0n) is 13.8. The van der Waals surface area contributed by atoms with Gasteiger partial charge in [0.25, 0.3) is 0 Å². The fourth-order valence-corrected chi connectivity index (χ4v) is 2.37. The van der Waals surface area contributed by atoms with Crippen molar-refractivity contribution in [2.24, 2.45) is 7.05 Å². The van der Waals surface area contributed by atoms with Gasteiger partial charge in [-0.1, -0.05) is 12.1 Å². The highest BCUT2D eigenvalue weighted by atomic mass is 35.7. The molecule has 0 aliphatic rings. The molecule has 8 nitrogen and oxygen atoms in total. The molecular formula is C16H16ClN3O5. The number of amides is 1. The van der Waals surface area contributed by atoms with E-state index < -0.39 is 10.2 Å². The number of halogens is 1. The number of benzene rings is 2. The highest BCUT2D eigenvalue weighted by Gasteiger charge is 2.15. The molecule has 0 saturated carbocycles. The molecule has 1 heterocycles. The third kappa shape index (κ3) is 4.81. The van der Waals surface area contributed by atoms with Gasteiger partial charge in [0.05, 0.1) is 5.69 Å². The molecule has 0 aliphatic heterocycles. The number of aromatic nitrogens is 2.